The molecule has 2 aromatic rings. The Kier molecular flexibility index (Phi) is 7.64. The standard InChI is InChI=1S/C26H33N3O5S/c1-4-7-11-21(27-25-20-10-8-9-12-24(20)35(31,32)28-25)26(30)29-14-13-18-15-22(33-5-2)23(34-6-3)16-19(18)17-29/h8-10,12,15-16,21H,4-7,11,13-14,17H2,1-3H3,(H,27,28). The molecule has 0 saturated heterocycles. The van der Waals surface area contributed by atoms with Crippen LogP contribution in [0.3, 0.4) is 0 Å². The fourth-order valence-corrected chi connectivity index (χ4v) is 5.77. The van der Waals surface area contributed by atoms with Crippen molar-refractivity contribution < 1.29 is 22.7 Å². The number of aliphatic imine (C=N–C) groups is 1. The third-order valence-corrected chi connectivity index (χ3v) is 7.65. The number of rotatable bonds is 9. The van der Waals surface area contributed by atoms with Gasteiger partial charge in [-0.25, -0.2) is 8.42 Å². The molecule has 1 unspecified atom stereocenters. The Balaban J connectivity index is 1.60. The van der Waals surface area contributed by atoms with E-state index < -0.39 is 16.1 Å². The van der Waals surface area contributed by atoms with Crippen molar-refractivity contribution in [3.63, 3.8) is 0 Å². The fraction of sp³-hybridized carbons (Fsp3) is 0.462. The predicted octanol–water partition coefficient (Wildman–Crippen LogP) is 3.67. The lowest BCUT2D eigenvalue weighted by atomic mass is 9.97. The molecule has 9 heteroatoms. The quantitative estimate of drug-likeness (QED) is 0.568. The molecule has 0 aromatic heterocycles. The molecule has 0 fully saturated rings. The van der Waals surface area contributed by atoms with Crippen LogP contribution < -0.4 is 14.2 Å². The highest BCUT2D eigenvalue weighted by molar-refractivity contribution is 7.90. The number of unbranched alkanes of at least 4 members (excludes halogenated alkanes) is 1. The summed E-state index contributed by atoms with van der Waals surface area (Å²) < 4.78 is 39.1. The Morgan fingerprint density at radius 3 is 2.46 bits per heavy atom. The number of nitrogens with zero attached hydrogens (tertiary/aromatic N) is 2. The van der Waals surface area contributed by atoms with Gasteiger partial charge >= 0.3 is 0 Å². The Bertz CT molecular complexity index is 1230. The monoisotopic (exact) mass is 499 g/mol. The minimum absolute atomic E-state index is 0.0907. The maximum Gasteiger partial charge on any atom is 0.263 e. The van der Waals surface area contributed by atoms with E-state index in [1.165, 1.54) is 0 Å². The van der Waals surface area contributed by atoms with E-state index in [2.05, 4.69) is 16.6 Å². The third kappa shape index (κ3) is 5.29. The Hall–Kier alpha value is -3.07. The van der Waals surface area contributed by atoms with E-state index in [0.717, 1.165) is 29.7 Å². The maximum absolute atomic E-state index is 13.6. The van der Waals surface area contributed by atoms with Crippen LogP contribution in [0.5, 0.6) is 11.5 Å². The van der Waals surface area contributed by atoms with Crippen molar-refractivity contribution in [1.82, 2.24) is 9.62 Å². The lowest BCUT2D eigenvalue weighted by molar-refractivity contribution is -0.133. The molecule has 1 N–H and O–H groups in total. The summed E-state index contributed by atoms with van der Waals surface area (Å²) in [6.07, 6.45) is 3.00. The maximum atomic E-state index is 13.6. The summed E-state index contributed by atoms with van der Waals surface area (Å²) in [6.45, 7) is 8.03. The van der Waals surface area contributed by atoms with Crippen molar-refractivity contribution in [2.75, 3.05) is 19.8 Å². The largest absolute Gasteiger partial charge is 0.490 e. The lowest BCUT2D eigenvalue weighted by Gasteiger charge is -2.31. The molecule has 0 spiro atoms. The molecule has 2 aromatic carbocycles. The van der Waals surface area contributed by atoms with Crippen molar-refractivity contribution in [3.05, 3.63) is 53.1 Å². The van der Waals surface area contributed by atoms with Gasteiger partial charge in [0.25, 0.3) is 10.0 Å². The molecule has 8 nitrogen and oxygen atoms in total. The summed E-state index contributed by atoms with van der Waals surface area (Å²) in [5.41, 5.74) is 2.69. The normalized spacial score (nSPS) is 17.9. The van der Waals surface area contributed by atoms with Crippen LogP contribution in [0.1, 0.15) is 56.7 Å². The average Bonchev–Trinajstić information content (AvgIpc) is 3.11. The first-order chi connectivity index (χ1) is 16.9. The highest BCUT2D eigenvalue weighted by Crippen LogP contribution is 2.34. The zero-order valence-electron chi connectivity index (χ0n) is 20.5. The molecule has 35 heavy (non-hydrogen) atoms. The minimum atomic E-state index is -3.66. The van der Waals surface area contributed by atoms with Crippen molar-refractivity contribution in [2.45, 2.75) is 63.9 Å². The molecular weight excluding hydrogens is 466 g/mol. The first kappa shape index (κ1) is 25.0. The predicted molar refractivity (Wildman–Crippen MR) is 135 cm³/mol. The van der Waals surface area contributed by atoms with Crippen LogP contribution in [0.4, 0.5) is 0 Å². The van der Waals surface area contributed by atoms with Crippen molar-refractivity contribution >= 4 is 21.8 Å². The fourth-order valence-electron chi connectivity index (χ4n) is 4.53. The summed E-state index contributed by atoms with van der Waals surface area (Å²) >= 11 is 0. The third-order valence-electron chi connectivity index (χ3n) is 6.25. The Labute approximate surface area is 207 Å². The second-order valence-electron chi connectivity index (χ2n) is 8.68. The zero-order chi connectivity index (χ0) is 25.0. The van der Waals surface area contributed by atoms with E-state index in [1.54, 1.807) is 24.3 Å². The van der Waals surface area contributed by atoms with E-state index >= 15 is 0 Å². The van der Waals surface area contributed by atoms with Crippen LogP contribution in [0.25, 0.3) is 0 Å². The minimum Gasteiger partial charge on any atom is -0.490 e. The molecule has 2 aliphatic rings. The van der Waals surface area contributed by atoms with Gasteiger partial charge in [-0.05, 0) is 62.1 Å². The highest BCUT2D eigenvalue weighted by Gasteiger charge is 2.33. The van der Waals surface area contributed by atoms with E-state index in [0.29, 0.717) is 50.5 Å². The van der Waals surface area contributed by atoms with Crippen LogP contribution in [-0.2, 0) is 27.8 Å². The molecule has 1 amide bonds. The van der Waals surface area contributed by atoms with Gasteiger partial charge in [0, 0.05) is 18.7 Å². The van der Waals surface area contributed by atoms with Crippen LogP contribution in [0.15, 0.2) is 46.3 Å². The van der Waals surface area contributed by atoms with Gasteiger partial charge in [0.05, 0.1) is 18.1 Å². The van der Waals surface area contributed by atoms with Crippen molar-refractivity contribution in [1.29, 1.82) is 0 Å². The van der Waals surface area contributed by atoms with Crippen molar-refractivity contribution in [3.8, 4) is 11.5 Å². The molecule has 2 heterocycles. The number of hydrogen-bond acceptors (Lipinski definition) is 6. The van der Waals surface area contributed by atoms with Crippen LogP contribution in [-0.4, -0.2) is 50.9 Å². The zero-order valence-corrected chi connectivity index (χ0v) is 21.4. The summed E-state index contributed by atoms with van der Waals surface area (Å²) in [4.78, 5) is 20.3. The molecule has 0 aliphatic carbocycles. The number of benzene rings is 2. The van der Waals surface area contributed by atoms with Gasteiger partial charge < -0.3 is 14.4 Å². The molecule has 0 radical (unpaired) electrons. The number of carbonyl (C=O) groups excluding carboxylic acids is 1. The van der Waals surface area contributed by atoms with Gasteiger partial charge in [0.2, 0.25) is 5.91 Å². The number of nitrogens with one attached hydrogen (secondary N) is 1. The van der Waals surface area contributed by atoms with Gasteiger partial charge in [-0.15, -0.1) is 0 Å². The molecule has 4 rings (SSSR count). The molecule has 0 saturated carbocycles. The van der Waals surface area contributed by atoms with Gasteiger partial charge in [0.15, 0.2) is 11.5 Å². The Morgan fingerprint density at radius 1 is 1.09 bits per heavy atom. The first-order valence-corrected chi connectivity index (χ1v) is 13.8. The van der Waals surface area contributed by atoms with Gasteiger partial charge in [-0.3, -0.25) is 14.5 Å². The molecule has 188 valence electrons. The van der Waals surface area contributed by atoms with E-state index in [1.807, 2.05) is 30.9 Å². The van der Waals surface area contributed by atoms with E-state index in [-0.39, 0.29) is 16.6 Å². The SMILES string of the molecule is CCCCC(N=C1NS(=O)(=O)c2ccccc21)C(=O)N1CCc2cc(OCC)c(OCC)cc2C1. The number of sulfonamides is 1. The van der Waals surface area contributed by atoms with Crippen molar-refractivity contribution in [2.24, 2.45) is 4.99 Å². The second-order valence-corrected chi connectivity index (χ2v) is 10.3. The van der Waals surface area contributed by atoms with Crippen LogP contribution in [0.2, 0.25) is 0 Å². The van der Waals surface area contributed by atoms with E-state index in [9.17, 15) is 13.2 Å². The molecule has 1 atom stereocenters. The molecule has 2 aliphatic heterocycles. The molecular formula is C26H33N3O5S. The Morgan fingerprint density at radius 2 is 1.77 bits per heavy atom. The van der Waals surface area contributed by atoms with Gasteiger partial charge in [0.1, 0.15) is 11.9 Å². The first-order valence-electron chi connectivity index (χ1n) is 12.3. The highest BCUT2D eigenvalue weighted by atomic mass is 32.2. The lowest BCUT2D eigenvalue weighted by Crippen LogP contribution is -2.42. The average molecular weight is 500 g/mol. The number of carbonyl (C=O) groups is 1. The number of ether oxygens (including phenoxy) is 2. The number of amidine groups is 1. The van der Waals surface area contributed by atoms with Crippen LogP contribution >= 0.6 is 0 Å². The summed E-state index contributed by atoms with van der Waals surface area (Å²) in [7, 11) is -3.66. The summed E-state index contributed by atoms with van der Waals surface area (Å²) in [6, 6.07) is 10.1. The second kappa shape index (κ2) is 10.7. The summed E-state index contributed by atoms with van der Waals surface area (Å²) in [5, 5.41) is 0. The number of amides is 1. The van der Waals surface area contributed by atoms with Gasteiger partial charge in [-0.1, -0.05) is 31.9 Å². The van der Waals surface area contributed by atoms with E-state index in [4.69, 9.17) is 9.47 Å². The molecule has 0 bridgehead atoms. The topological polar surface area (TPSA) is 97.3 Å². The number of hydrogen-bond donors (Lipinski definition) is 1. The summed E-state index contributed by atoms with van der Waals surface area (Å²) in [5.74, 6) is 1.56. The van der Waals surface area contributed by atoms with Crippen LogP contribution in [0, 0.1) is 0 Å². The number of fused-ring (bicyclic) bond motifs is 2. The van der Waals surface area contributed by atoms with Gasteiger partial charge in [-0.2, -0.15) is 0 Å². The smallest absolute Gasteiger partial charge is 0.263 e.